The van der Waals surface area contributed by atoms with Gasteiger partial charge in [0.1, 0.15) is 30.8 Å². The minimum atomic E-state index is -1.09. The molecule has 8 nitrogen and oxygen atoms in total. The Balaban J connectivity index is 2.15. The highest BCUT2D eigenvalue weighted by molar-refractivity contribution is 7.98. The molecule has 0 aliphatic rings. The summed E-state index contributed by atoms with van der Waals surface area (Å²) >= 11 is 1.56. The monoisotopic (exact) mass is 545 g/mol. The Morgan fingerprint density at radius 2 is 1.58 bits per heavy atom. The molecule has 0 unspecified atom stereocenters. The van der Waals surface area contributed by atoms with Gasteiger partial charge in [0, 0.05) is 6.42 Å². The van der Waals surface area contributed by atoms with Crippen molar-refractivity contribution in [3.8, 4) is 0 Å². The smallest absolute Gasteiger partial charge is 0.408 e. The van der Waals surface area contributed by atoms with Gasteiger partial charge in [-0.25, -0.2) is 9.18 Å². The summed E-state index contributed by atoms with van der Waals surface area (Å²) in [6, 6.07) is 12.0. The molecule has 0 fully saturated rings. The van der Waals surface area contributed by atoms with E-state index in [0.29, 0.717) is 30.4 Å². The molecule has 0 aliphatic carbocycles. The van der Waals surface area contributed by atoms with Crippen molar-refractivity contribution in [2.75, 3.05) is 12.0 Å². The third kappa shape index (κ3) is 11.3. The zero-order valence-corrected chi connectivity index (χ0v) is 22.8. The zero-order valence-electron chi connectivity index (χ0n) is 21.9. The van der Waals surface area contributed by atoms with Gasteiger partial charge in [-0.15, -0.1) is 0 Å². The number of benzene rings is 2. The Kier molecular flexibility index (Phi) is 13.3. The maximum Gasteiger partial charge on any atom is 0.408 e. The molecule has 0 saturated carbocycles. The summed E-state index contributed by atoms with van der Waals surface area (Å²) < 4.78 is 18.7. The summed E-state index contributed by atoms with van der Waals surface area (Å²) in [6.07, 6.45) is 2.63. The first-order chi connectivity index (χ1) is 18.2. The van der Waals surface area contributed by atoms with E-state index < -0.39 is 41.9 Å². The molecule has 3 N–H and O–H groups in total. The van der Waals surface area contributed by atoms with Gasteiger partial charge in [-0.05, 0) is 54.0 Å². The van der Waals surface area contributed by atoms with Crippen LogP contribution in [0.25, 0.3) is 0 Å². The highest BCUT2D eigenvalue weighted by atomic mass is 32.2. The topological polar surface area (TPSA) is 114 Å². The van der Waals surface area contributed by atoms with Crippen LogP contribution in [0.1, 0.15) is 37.8 Å². The Morgan fingerprint density at radius 1 is 0.921 bits per heavy atom. The summed E-state index contributed by atoms with van der Waals surface area (Å²) in [5.74, 6) is -0.744. The number of aldehydes is 1. The summed E-state index contributed by atoms with van der Waals surface area (Å²) in [5, 5.41) is 8.00. The first-order valence-corrected chi connectivity index (χ1v) is 13.9. The summed E-state index contributed by atoms with van der Waals surface area (Å²) in [7, 11) is 0. The van der Waals surface area contributed by atoms with Crippen LogP contribution in [0, 0.1) is 11.7 Å². The van der Waals surface area contributed by atoms with Crippen molar-refractivity contribution in [3.63, 3.8) is 0 Å². The molecule has 206 valence electrons. The molecule has 0 saturated heterocycles. The van der Waals surface area contributed by atoms with Gasteiger partial charge in [-0.1, -0.05) is 56.3 Å². The van der Waals surface area contributed by atoms with E-state index in [1.165, 1.54) is 24.3 Å². The Bertz CT molecular complexity index is 1040. The quantitative estimate of drug-likeness (QED) is 0.295. The number of carbonyl (C=O) groups is 4. The van der Waals surface area contributed by atoms with E-state index in [1.54, 1.807) is 23.9 Å². The van der Waals surface area contributed by atoms with Crippen molar-refractivity contribution in [1.82, 2.24) is 16.0 Å². The molecule has 3 amide bonds. The van der Waals surface area contributed by atoms with Gasteiger partial charge in [0.15, 0.2) is 0 Å². The maximum absolute atomic E-state index is 13.4. The number of hydrogen-bond donors (Lipinski definition) is 3. The third-order valence-corrected chi connectivity index (χ3v) is 6.28. The minimum absolute atomic E-state index is 0.0130. The van der Waals surface area contributed by atoms with Gasteiger partial charge in [0.05, 0.1) is 6.04 Å². The summed E-state index contributed by atoms with van der Waals surface area (Å²) in [6.45, 7) is 3.83. The molecule has 2 aromatic rings. The number of alkyl carbamates (subject to hydrolysis) is 1. The lowest BCUT2D eigenvalue weighted by Gasteiger charge is -2.25. The molecule has 10 heteroatoms. The average Bonchev–Trinajstić information content (AvgIpc) is 2.90. The number of hydrogen-bond acceptors (Lipinski definition) is 6. The van der Waals surface area contributed by atoms with Crippen molar-refractivity contribution in [3.05, 3.63) is 71.5 Å². The van der Waals surface area contributed by atoms with E-state index in [4.69, 9.17) is 4.74 Å². The second-order valence-electron chi connectivity index (χ2n) is 9.31. The van der Waals surface area contributed by atoms with Crippen LogP contribution in [0.3, 0.4) is 0 Å². The lowest BCUT2D eigenvalue weighted by Crippen LogP contribution is -2.56. The van der Waals surface area contributed by atoms with E-state index >= 15 is 0 Å². The second-order valence-corrected chi connectivity index (χ2v) is 10.3. The largest absolute Gasteiger partial charge is 0.445 e. The highest BCUT2D eigenvalue weighted by Gasteiger charge is 2.29. The fraction of sp³-hybridized carbons (Fsp3) is 0.429. The van der Waals surface area contributed by atoms with E-state index in [-0.39, 0.29) is 18.9 Å². The average molecular weight is 546 g/mol. The number of thioether (sulfide) groups is 1. The number of nitrogens with one attached hydrogen (secondary N) is 3. The van der Waals surface area contributed by atoms with E-state index in [0.717, 1.165) is 5.56 Å². The Morgan fingerprint density at radius 3 is 2.18 bits per heavy atom. The van der Waals surface area contributed by atoms with Crippen LogP contribution in [-0.2, 0) is 32.1 Å². The molecule has 3 atom stereocenters. The molecule has 0 radical (unpaired) electrons. The SMILES string of the molecule is CSCC[C@@H](C=O)NC(=O)[C@H](CC(C)C)NC(=O)[C@H](Cc1ccc(F)cc1)NC(=O)OCc1ccccc1. The summed E-state index contributed by atoms with van der Waals surface area (Å²) in [4.78, 5) is 50.3. The van der Waals surface area contributed by atoms with Gasteiger partial charge in [0.2, 0.25) is 11.8 Å². The molecule has 0 spiro atoms. The van der Waals surface area contributed by atoms with Crippen molar-refractivity contribution in [1.29, 1.82) is 0 Å². The molecular weight excluding hydrogens is 509 g/mol. The van der Waals surface area contributed by atoms with Crippen LogP contribution >= 0.6 is 11.8 Å². The zero-order chi connectivity index (χ0) is 27.9. The number of ether oxygens (including phenoxy) is 1. The first kappa shape index (κ1) is 30.8. The fourth-order valence-electron chi connectivity index (χ4n) is 3.65. The van der Waals surface area contributed by atoms with Gasteiger partial charge < -0.3 is 25.5 Å². The van der Waals surface area contributed by atoms with Crippen LogP contribution in [-0.4, -0.2) is 54.3 Å². The fourth-order valence-corrected chi connectivity index (χ4v) is 4.14. The van der Waals surface area contributed by atoms with Crippen molar-refractivity contribution in [2.45, 2.75) is 57.8 Å². The maximum atomic E-state index is 13.4. The molecule has 38 heavy (non-hydrogen) atoms. The summed E-state index contributed by atoms with van der Waals surface area (Å²) in [5.41, 5.74) is 1.39. The predicted molar refractivity (Wildman–Crippen MR) is 146 cm³/mol. The van der Waals surface area contributed by atoms with Crippen LogP contribution in [0.15, 0.2) is 54.6 Å². The Labute approximate surface area is 227 Å². The standard InChI is InChI=1S/C28H36FN3O5S/c1-19(2)15-24(26(34)30-23(17-33)13-14-38-3)31-27(35)25(16-20-9-11-22(29)12-10-20)32-28(36)37-18-21-7-5-4-6-8-21/h4-12,17,19,23-25H,13-16,18H2,1-3H3,(H,30,34)(H,31,35)(H,32,36)/t23-,24-,25-/m0/s1. The molecule has 0 aliphatic heterocycles. The highest BCUT2D eigenvalue weighted by Crippen LogP contribution is 2.10. The van der Waals surface area contributed by atoms with Crippen molar-refractivity contribution < 1.29 is 28.3 Å². The molecule has 0 bridgehead atoms. The van der Waals surface area contributed by atoms with Crippen molar-refractivity contribution >= 4 is 36.0 Å². The Hall–Kier alpha value is -3.40. The number of halogens is 1. The van der Waals surface area contributed by atoms with Crippen molar-refractivity contribution in [2.24, 2.45) is 5.92 Å². The lowest BCUT2D eigenvalue weighted by atomic mass is 10.0. The van der Waals surface area contributed by atoms with Crippen LogP contribution < -0.4 is 16.0 Å². The molecule has 2 aromatic carbocycles. The van der Waals surface area contributed by atoms with Gasteiger partial charge in [-0.2, -0.15) is 11.8 Å². The molecule has 2 rings (SSSR count). The van der Waals surface area contributed by atoms with Crippen LogP contribution in [0.2, 0.25) is 0 Å². The lowest BCUT2D eigenvalue weighted by molar-refractivity contribution is -0.131. The van der Waals surface area contributed by atoms with Gasteiger partial charge >= 0.3 is 6.09 Å². The van der Waals surface area contributed by atoms with Gasteiger partial charge in [-0.3, -0.25) is 9.59 Å². The van der Waals surface area contributed by atoms with Crippen LogP contribution in [0.4, 0.5) is 9.18 Å². The predicted octanol–water partition coefficient (Wildman–Crippen LogP) is 3.63. The van der Waals surface area contributed by atoms with E-state index in [9.17, 15) is 23.6 Å². The minimum Gasteiger partial charge on any atom is -0.445 e. The number of amides is 3. The molecular formula is C28H36FN3O5S. The van der Waals surface area contributed by atoms with Crippen LogP contribution in [0.5, 0.6) is 0 Å². The van der Waals surface area contributed by atoms with E-state index in [1.807, 2.05) is 38.3 Å². The number of rotatable bonds is 15. The molecule has 0 heterocycles. The number of carbonyl (C=O) groups excluding carboxylic acids is 4. The van der Waals surface area contributed by atoms with E-state index in [2.05, 4.69) is 16.0 Å². The third-order valence-electron chi connectivity index (χ3n) is 5.64. The second kappa shape index (κ2) is 16.4. The first-order valence-electron chi connectivity index (χ1n) is 12.5. The normalized spacial score (nSPS) is 13.2. The van der Waals surface area contributed by atoms with Gasteiger partial charge in [0.25, 0.3) is 0 Å². The molecule has 0 aromatic heterocycles.